The van der Waals surface area contributed by atoms with E-state index in [0.717, 1.165) is 4.88 Å². The number of halogens is 1. The van der Waals surface area contributed by atoms with Crippen molar-refractivity contribution in [1.29, 1.82) is 0 Å². The lowest BCUT2D eigenvalue weighted by Crippen LogP contribution is -2.32. The summed E-state index contributed by atoms with van der Waals surface area (Å²) < 4.78 is 16.7. The largest absolute Gasteiger partial charge is 0.350 e. The van der Waals surface area contributed by atoms with Crippen LogP contribution in [0.4, 0.5) is 4.39 Å². The van der Waals surface area contributed by atoms with E-state index in [1.54, 1.807) is 40.1 Å². The Hall–Kier alpha value is -2.93. The molecule has 5 nitrogen and oxygen atoms in total. The predicted octanol–water partition coefficient (Wildman–Crippen LogP) is 2.77. The molecule has 3 aromatic heterocycles. The fraction of sp³-hybridized carbons (Fsp3) is 0.111. The molecule has 0 aliphatic heterocycles. The number of nitrogens with one attached hydrogen (secondary N) is 1. The Morgan fingerprint density at radius 3 is 2.80 bits per heavy atom. The van der Waals surface area contributed by atoms with Crippen molar-refractivity contribution in [1.82, 2.24) is 14.3 Å². The first-order chi connectivity index (χ1) is 12.1. The molecule has 25 heavy (non-hydrogen) atoms. The fourth-order valence-corrected chi connectivity index (χ4v) is 3.53. The lowest BCUT2D eigenvalue weighted by molar-refractivity contribution is -0.121. The Kier molecular flexibility index (Phi) is 3.85. The van der Waals surface area contributed by atoms with Crippen LogP contribution in [0, 0.1) is 5.82 Å². The molecule has 1 N–H and O–H groups in total. The van der Waals surface area contributed by atoms with E-state index >= 15 is 0 Å². The number of benzene rings is 1. The molecule has 3 heterocycles. The third-order valence-corrected chi connectivity index (χ3v) is 4.92. The van der Waals surface area contributed by atoms with Crippen LogP contribution in [-0.2, 0) is 17.9 Å². The summed E-state index contributed by atoms with van der Waals surface area (Å²) in [7, 11) is 0. The zero-order valence-corrected chi connectivity index (χ0v) is 13.9. The maximum Gasteiger partial charge on any atom is 0.275 e. The summed E-state index contributed by atoms with van der Waals surface area (Å²) >= 11 is 1.55. The van der Waals surface area contributed by atoms with Crippen molar-refractivity contribution < 1.29 is 9.18 Å². The number of hydrogen-bond acceptors (Lipinski definition) is 3. The maximum atomic E-state index is 13.7. The summed E-state index contributed by atoms with van der Waals surface area (Å²) in [5, 5.41) is 4.73. The van der Waals surface area contributed by atoms with Gasteiger partial charge in [0.2, 0.25) is 5.91 Å². The second kappa shape index (κ2) is 6.18. The minimum absolute atomic E-state index is 0.161. The van der Waals surface area contributed by atoms with Crippen LogP contribution < -0.4 is 10.9 Å². The number of hydrogen-bond donors (Lipinski definition) is 1. The quantitative estimate of drug-likeness (QED) is 0.612. The van der Waals surface area contributed by atoms with Crippen LogP contribution in [0.5, 0.6) is 0 Å². The first-order valence-corrected chi connectivity index (χ1v) is 8.59. The van der Waals surface area contributed by atoms with E-state index in [2.05, 4.69) is 5.32 Å². The molecule has 0 aliphatic rings. The average molecular weight is 355 g/mol. The van der Waals surface area contributed by atoms with Gasteiger partial charge in [-0.05, 0) is 41.8 Å². The highest BCUT2D eigenvalue weighted by Crippen LogP contribution is 2.17. The molecule has 0 atom stereocenters. The normalized spacial score (nSPS) is 11.2. The Bertz CT molecular complexity index is 1130. The highest BCUT2D eigenvalue weighted by Gasteiger charge is 2.14. The van der Waals surface area contributed by atoms with Gasteiger partial charge in [0.25, 0.3) is 5.56 Å². The van der Waals surface area contributed by atoms with Gasteiger partial charge in [0.05, 0.1) is 17.6 Å². The Balaban J connectivity index is 1.74. The van der Waals surface area contributed by atoms with Gasteiger partial charge in [0.1, 0.15) is 17.9 Å². The predicted molar refractivity (Wildman–Crippen MR) is 95.3 cm³/mol. The Morgan fingerprint density at radius 1 is 1.12 bits per heavy atom. The Morgan fingerprint density at radius 2 is 2.00 bits per heavy atom. The van der Waals surface area contributed by atoms with Crippen LogP contribution in [0.3, 0.4) is 0 Å². The standard InChI is InChI=1S/C18H14FN3O2S/c19-12-5-6-14-16(9-12)22(18(24)15-4-1-7-21(14)15)11-17(23)20-10-13-3-2-8-25-13/h1-9H,10-11H2,(H,20,23). The molecule has 1 amide bonds. The number of amides is 1. The van der Waals surface area contributed by atoms with Crippen LogP contribution in [0.2, 0.25) is 0 Å². The zero-order valence-electron chi connectivity index (χ0n) is 13.1. The first kappa shape index (κ1) is 15.6. The number of fused-ring (bicyclic) bond motifs is 3. The van der Waals surface area contributed by atoms with E-state index in [4.69, 9.17) is 0 Å². The smallest absolute Gasteiger partial charge is 0.275 e. The van der Waals surface area contributed by atoms with E-state index in [0.29, 0.717) is 23.1 Å². The van der Waals surface area contributed by atoms with E-state index < -0.39 is 5.82 Å². The van der Waals surface area contributed by atoms with Crippen molar-refractivity contribution in [2.75, 3.05) is 0 Å². The number of nitrogens with zero attached hydrogens (tertiary/aromatic N) is 2. The molecule has 4 aromatic rings. The van der Waals surface area contributed by atoms with E-state index in [9.17, 15) is 14.0 Å². The molecule has 0 saturated carbocycles. The van der Waals surface area contributed by atoms with Crippen LogP contribution in [-0.4, -0.2) is 14.9 Å². The van der Waals surface area contributed by atoms with Gasteiger partial charge in [0.15, 0.2) is 0 Å². The summed E-state index contributed by atoms with van der Waals surface area (Å²) in [4.78, 5) is 26.0. The third-order valence-electron chi connectivity index (χ3n) is 4.04. The second-order valence-electron chi connectivity index (χ2n) is 5.64. The minimum atomic E-state index is -0.453. The molecule has 0 aliphatic carbocycles. The van der Waals surface area contributed by atoms with Crippen molar-refractivity contribution in [3.05, 3.63) is 75.1 Å². The number of rotatable bonds is 4. The van der Waals surface area contributed by atoms with Crippen molar-refractivity contribution in [2.24, 2.45) is 0 Å². The summed E-state index contributed by atoms with van der Waals surface area (Å²) in [5.41, 5.74) is 1.19. The number of carbonyl (C=O) groups excluding carboxylic acids is 1. The minimum Gasteiger partial charge on any atom is -0.350 e. The third kappa shape index (κ3) is 2.83. The molecule has 126 valence electrons. The average Bonchev–Trinajstić information content (AvgIpc) is 3.28. The highest BCUT2D eigenvalue weighted by molar-refractivity contribution is 7.09. The maximum absolute atomic E-state index is 13.7. The lowest BCUT2D eigenvalue weighted by Gasteiger charge is -2.12. The van der Waals surface area contributed by atoms with Gasteiger partial charge in [-0.15, -0.1) is 11.3 Å². The van der Waals surface area contributed by atoms with Gasteiger partial charge in [-0.25, -0.2) is 4.39 Å². The topological polar surface area (TPSA) is 55.5 Å². The molecule has 0 bridgehead atoms. The van der Waals surface area contributed by atoms with Crippen molar-refractivity contribution in [3.8, 4) is 0 Å². The van der Waals surface area contributed by atoms with Crippen LogP contribution in [0.1, 0.15) is 4.88 Å². The fourth-order valence-electron chi connectivity index (χ4n) is 2.88. The summed E-state index contributed by atoms with van der Waals surface area (Å²) in [6.07, 6.45) is 1.75. The summed E-state index contributed by atoms with van der Waals surface area (Å²) in [6.45, 7) is 0.247. The molecule has 0 radical (unpaired) electrons. The number of carbonyl (C=O) groups is 1. The van der Waals surface area contributed by atoms with Crippen molar-refractivity contribution >= 4 is 33.8 Å². The van der Waals surface area contributed by atoms with Gasteiger partial charge >= 0.3 is 0 Å². The van der Waals surface area contributed by atoms with Crippen LogP contribution in [0.15, 0.2) is 58.8 Å². The van der Waals surface area contributed by atoms with E-state index in [1.807, 2.05) is 17.5 Å². The molecule has 0 unspecified atom stereocenters. The molecule has 7 heteroatoms. The summed E-state index contributed by atoms with van der Waals surface area (Å²) in [6, 6.07) is 11.5. The van der Waals surface area contributed by atoms with Gasteiger partial charge in [-0.2, -0.15) is 0 Å². The van der Waals surface area contributed by atoms with Crippen LogP contribution >= 0.6 is 11.3 Å². The SMILES string of the molecule is O=C(Cn1c(=O)c2cccn2c2ccc(F)cc21)NCc1cccs1. The summed E-state index contributed by atoms with van der Waals surface area (Å²) in [5.74, 6) is -0.747. The highest BCUT2D eigenvalue weighted by atomic mass is 32.1. The van der Waals surface area contributed by atoms with Gasteiger partial charge in [-0.3, -0.25) is 14.2 Å². The zero-order chi connectivity index (χ0) is 17.4. The van der Waals surface area contributed by atoms with Gasteiger partial charge < -0.3 is 9.72 Å². The second-order valence-corrected chi connectivity index (χ2v) is 6.68. The van der Waals surface area contributed by atoms with Crippen LogP contribution in [0.25, 0.3) is 16.6 Å². The van der Waals surface area contributed by atoms with Crippen molar-refractivity contribution in [2.45, 2.75) is 13.1 Å². The van der Waals surface area contributed by atoms with Gasteiger partial charge in [0, 0.05) is 11.1 Å². The lowest BCUT2D eigenvalue weighted by atomic mass is 10.2. The van der Waals surface area contributed by atoms with E-state index in [1.165, 1.54) is 16.7 Å². The van der Waals surface area contributed by atoms with Crippen molar-refractivity contribution in [3.63, 3.8) is 0 Å². The first-order valence-electron chi connectivity index (χ1n) is 7.72. The molecule has 0 fully saturated rings. The monoisotopic (exact) mass is 355 g/mol. The molecular formula is C18H14FN3O2S. The van der Waals surface area contributed by atoms with E-state index in [-0.39, 0.29) is 18.0 Å². The molecule has 0 saturated heterocycles. The molecule has 0 spiro atoms. The number of aromatic nitrogens is 2. The molecule has 1 aromatic carbocycles. The Labute approximate surface area is 145 Å². The number of thiophene rings is 1. The van der Waals surface area contributed by atoms with Gasteiger partial charge in [-0.1, -0.05) is 6.07 Å². The molecule has 4 rings (SSSR count). The molecular weight excluding hydrogens is 341 g/mol.